The van der Waals surface area contributed by atoms with Crippen LogP contribution in [0.25, 0.3) is 0 Å². The zero-order chi connectivity index (χ0) is 15.9. The summed E-state index contributed by atoms with van der Waals surface area (Å²) in [6.45, 7) is 4.11. The van der Waals surface area contributed by atoms with Gasteiger partial charge in [-0.15, -0.1) is 0 Å². The topological polar surface area (TPSA) is 21.3 Å². The molecule has 3 rings (SSSR count). The van der Waals surface area contributed by atoms with Crippen molar-refractivity contribution < 1.29 is 4.65 Å². The monoisotopic (exact) mass is 307 g/mol. The molecule has 0 spiro atoms. The van der Waals surface area contributed by atoms with Gasteiger partial charge >= 0.3 is 6.92 Å². The van der Waals surface area contributed by atoms with E-state index in [2.05, 4.69) is 66.8 Å². The zero-order valence-electron chi connectivity index (χ0n) is 14.0. The Balaban J connectivity index is 1.78. The smallest absolute Gasteiger partial charge is 0.361 e. The second-order valence-corrected chi connectivity index (χ2v) is 6.37. The fourth-order valence-electron chi connectivity index (χ4n) is 3.27. The van der Waals surface area contributed by atoms with Crippen molar-refractivity contribution in [2.45, 2.75) is 38.6 Å². The SMILES string of the molecule is CCc1cccc(B(OCC2CCCCN2)c2ccccc2)c1. The highest BCUT2D eigenvalue weighted by atomic mass is 16.4. The van der Waals surface area contributed by atoms with E-state index in [1.54, 1.807) is 0 Å². The quantitative estimate of drug-likeness (QED) is 0.828. The van der Waals surface area contributed by atoms with E-state index in [0.29, 0.717) is 6.04 Å². The summed E-state index contributed by atoms with van der Waals surface area (Å²) >= 11 is 0. The van der Waals surface area contributed by atoms with Gasteiger partial charge in [0.2, 0.25) is 0 Å². The van der Waals surface area contributed by atoms with Crippen molar-refractivity contribution in [1.29, 1.82) is 0 Å². The molecule has 1 heterocycles. The highest BCUT2D eigenvalue weighted by Gasteiger charge is 2.23. The van der Waals surface area contributed by atoms with Crippen molar-refractivity contribution in [2.24, 2.45) is 0 Å². The predicted octanol–water partition coefficient (Wildman–Crippen LogP) is 2.51. The summed E-state index contributed by atoms with van der Waals surface area (Å²) in [5.74, 6) is 0. The van der Waals surface area contributed by atoms with Crippen molar-refractivity contribution >= 4 is 17.8 Å². The van der Waals surface area contributed by atoms with Gasteiger partial charge in [-0.1, -0.05) is 67.9 Å². The van der Waals surface area contributed by atoms with Crippen LogP contribution >= 0.6 is 0 Å². The number of rotatable bonds is 6. The van der Waals surface area contributed by atoms with Crippen LogP contribution < -0.4 is 16.2 Å². The van der Waals surface area contributed by atoms with E-state index >= 15 is 0 Å². The molecule has 0 radical (unpaired) electrons. The third-order valence-electron chi connectivity index (χ3n) is 4.64. The minimum Gasteiger partial charge on any atom is -0.425 e. The molecule has 0 bridgehead atoms. The first-order chi connectivity index (χ1) is 11.4. The maximum Gasteiger partial charge on any atom is 0.361 e. The van der Waals surface area contributed by atoms with Crippen LogP contribution in [0, 0.1) is 0 Å². The number of hydrogen-bond donors (Lipinski definition) is 1. The molecular weight excluding hydrogens is 281 g/mol. The van der Waals surface area contributed by atoms with Crippen molar-refractivity contribution in [3.8, 4) is 0 Å². The van der Waals surface area contributed by atoms with Crippen LogP contribution in [-0.2, 0) is 11.1 Å². The molecular formula is C20H26BNO. The Morgan fingerprint density at radius 2 is 1.87 bits per heavy atom. The number of piperidine rings is 1. The summed E-state index contributed by atoms with van der Waals surface area (Å²) < 4.78 is 6.39. The molecule has 2 aromatic rings. The molecule has 2 aromatic carbocycles. The second-order valence-electron chi connectivity index (χ2n) is 6.37. The van der Waals surface area contributed by atoms with Gasteiger partial charge in [0, 0.05) is 12.6 Å². The van der Waals surface area contributed by atoms with Crippen LogP contribution in [0.5, 0.6) is 0 Å². The Hall–Kier alpha value is -1.58. The van der Waals surface area contributed by atoms with Gasteiger partial charge in [0.15, 0.2) is 0 Å². The molecule has 1 saturated heterocycles. The summed E-state index contributed by atoms with van der Waals surface area (Å²) in [6, 6.07) is 19.9. The molecule has 3 heteroatoms. The lowest BCUT2D eigenvalue weighted by molar-refractivity contribution is 0.246. The Morgan fingerprint density at radius 3 is 2.61 bits per heavy atom. The molecule has 120 valence electrons. The molecule has 1 N–H and O–H groups in total. The van der Waals surface area contributed by atoms with Gasteiger partial charge in [0.1, 0.15) is 0 Å². The molecule has 0 amide bonds. The molecule has 23 heavy (non-hydrogen) atoms. The molecule has 1 fully saturated rings. The fraction of sp³-hybridized carbons (Fsp3) is 0.400. The van der Waals surface area contributed by atoms with E-state index in [0.717, 1.165) is 19.6 Å². The van der Waals surface area contributed by atoms with Crippen molar-refractivity contribution in [2.75, 3.05) is 13.2 Å². The van der Waals surface area contributed by atoms with Crippen LogP contribution in [0.15, 0.2) is 54.6 Å². The third-order valence-corrected chi connectivity index (χ3v) is 4.64. The molecule has 0 aromatic heterocycles. The summed E-state index contributed by atoms with van der Waals surface area (Å²) in [4.78, 5) is 0. The maximum absolute atomic E-state index is 6.39. The van der Waals surface area contributed by atoms with Crippen molar-refractivity contribution in [3.63, 3.8) is 0 Å². The van der Waals surface area contributed by atoms with Crippen LogP contribution in [0.1, 0.15) is 31.7 Å². The van der Waals surface area contributed by atoms with Crippen LogP contribution in [-0.4, -0.2) is 26.1 Å². The molecule has 1 aliphatic heterocycles. The second kappa shape index (κ2) is 8.33. The lowest BCUT2D eigenvalue weighted by atomic mass is 9.55. The summed E-state index contributed by atoms with van der Waals surface area (Å²) in [5.41, 5.74) is 3.85. The molecule has 1 aliphatic rings. The molecule has 2 nitrogen and oxygen atoms in total. The number of benzene rings is 2. The fourth-order valence-corrected chi connectivity index (χ4v) is 3.27. The summed E-state index contributed by atoms with van der Waals surface area (Å²) in [6.07, 6.45) is 4.87. The van der Waals surface area contributed by atoms with Crippen molar-refractivity contribution in [1.82, 2.24) is 5.32 Å². The van der Waals surface area contributed by atoms with Gasteiger partial charge in [-0.25, -0.2) is 0 Å². The number of hydrogen-bond acceptors (Lipinski definition) is 2. The first-order valence-electron chi connectivity index (χ1n) is 8.85. The highest BCUT2D eigenvalue weighted by molar-refractivity contribution is 6.80. The predicted molar refractivity (Wildman–Crippen MR) is 98.9 cm³/mol. The molecule has 1 unspecified atom stereocenters. The summed E-state index contributed by atoms with van der Waals surface area (Å²) in [7, 11) is 0. The largest absolute Gasteiger partial charge is 0.425 e. The Labute approximate surface area is 140 Å². The molecule has 0 aliphatic carbocycles. The number of aryl methyl sites for hydroxylation is 1. The van der Waals surface area contributed by atoms with Crippen LogP contribution in [0.3, 0.4) is 0 Å². The van der Waals surface area contributed by atoms with Gasteiger partial charge in [-0.2, -0.15) is 0 Å². The standard InChI is InChI=1S/C20H26BNO/c1-2-17-9-8-12-19(15-17)21(18-10-4-3-5-11-18)23-16-20-13-6-7-14-22-20/h3-5,8-12,15,20,22H,2,6-7,13-14,16H2,1H3. The Kier molecular flexibility index (Phi) is 5.90. The lowest BCUT2D eigenvalue weighted by Gasteiger charge is -2.25. The first-order valence-corrected chi connectivity index (χ1v) is 8.85. The van der Waals surface area contributed by atoms with E-state index < -0.39 is 0 Å². The minimum atomic E-state index is 0.0198. The average Bonchev–Trinajstić information content (AvgIpc) is 2.64. The van der Waals surface area contributed by atoms with Gasteiger partial charge < -0.3 is 9.97 Å². The number of nitrogens with one attached hydrogen (secondary N) is 1. The van der Waals surface area contributed by atoms with E-state index in [1.165, 1.54) is 35.8 Å². The van der Waals surface area contributed by atoms with Crippen LogP contribution in [0.4, 0.5) is 0 Å². The Bertz CT molecular complexity index is 596. The average molecular weight is 307 g/mol. The van der Waals surface area contributed by atoms with Crippen LogP contribution in [0.2, 0.25) is 0 Å². The van der Waals surface area contributed by atoms with E-state index in [9.17, 15) is 0 Å². The van der Waals surface area contributed by atoms with Gasteiger partial charge in [0.25, 0.3) is 0 Å². The molecule has 0 saturated carbocycles. The third kappa shape index (κ3) is 4.46. The highest BCUT2D eigenvalue weighted by Crippen LogP contribution is 2.08. The maximum atomic E-state index is 6.39. The van der Waals surface area contributed by atoms with Gasteiger partial charge in [-0.05, 0) is 42.3 Å². The van der Waals surface area contributed by atoms with E-state index in [4.69, 9.17) is 4.65 Å². The normalized spacial score (nSPS) is 17.9. The van der Waals surface area contributed by atoms with E-state index in [-0.39, 0.29) is 6.92 Å². The molecule has 1 atom stereocenters. The van der Waals surface area contributed by atoms with Crippen molar-refractivity contribution in [3.05, 3.63) is 60.2 Å². The van der Waals surface area contributed by atoms with E-state index in [1.807, 2.05) is 0 Å². The minimum absolute atomic E-state index is 0.0198. The zero-order valence-corrected chi connectivity index (χ0v) is 14.0. The van der Waals surface area contributed by atoms with Gasteiger partial charge in [-0.3, -0.25) is 0 Å². The van der Waals surface area contributed by atoms with Gasteiger partial charge in [0.05, 0.1) is 0 Å². The summed E-state index contributed by atoms with van der Waals surface area (Å²) in [5, 5.41) is 3.57. The first kappa shape index (κ1) is 16.3. The Morgan fingerprint density at radius 1 is 1.04 bits per heavy atom. The lowest BCUT2D eigenvalue weighted by Crippen LogP contribution is -2.48.